The molecule has 2 heterocycles. The Hall–Kier alpha value is -4.18. The highest BCUT2D eigenvalue weighted by molar-refractivity contribution is 8.04. The Morgan fingerprint density at radius 3 is 2.40 bits per heavy atom. The van der Waals surface area contributed by atoms with Crippen LogP contribution in [-0.4, -0.2) is 20.0 Å². The van der Waals surface area contributed by atoms with Gasteiger partial charge in [0.05, 0.1) is 15.6 Å². The zero-order valence-electron chi connectivity index (χ0n) is 27.7. The maximum atomic E-state index is 12.1. The lowest BCUT2D eigenvalue weighted by atomic mass is 9.79. The van der Waals surface area contributed by atoms with Gasteiger partial charge < -0.3 is 4.90 Å². The number of nitrogens with zero attached hydrogens (tertiary/aromatic N) is 2. The Kier molecular flexibility index (Phi) is 8.48. The van der Waals surface area contributed by atoms with Crippen molar-refractivity contribution in [1.29, 1.82) is 0 Å². The first-order valence-electron chi connectivity index (χ1n) is 16.4. The molecule has 0 saturated heterocycles. The molecule has 0 radical (unpaired) electrons. The third-order valence-electron chi connectivity index (χ3n) is 9.85. The Bertz CT molecular complexity index is 2620. The van der Waals surface area contributed by atoms with E-state index in [9.17, 15) is 13.0 Å². The number of aromatic nitrogens is 1. The van der Waals surface area contributed by atoms with Crippen LogP contribution in [0.2, 0.25) is 0 Å². The monoisotopic (exact) mass is 733 g/mol. The first-order chi connectivity index (χ1) is 24.1. The van der Waals surface area contributed by atoms with Crippen LogP contribution >= 0.6 is 34.7 Å². The predicted molar refractivity (Wildman–Crippen MR) is 210 cm³/mol. The maximum Gasteiger partial charge on any atom is 0.294 e. The van der Waals surface area contributed by atoms with Crippen molar-refractivity contribution in [1.82, 2.24) is 0 Å². The summed E-state index contributed by atoms with van der Waals surface area (Å²) in [5.41, 5.74) is 6.16. The van der Waals surface area contributed by atoms with Gasteiger partial charge in [0.2, 0.25) is 5.52 Å². The van der Waals surface area contributed by atoms with Gasteiger partial charge in [-0.25, -0.2) is 0 Å². The fourth-order valence-electron chi connectivity index (χ4n) is 7.13. The molecule has 9 heteroatoms. The summed E-state index contributed by atoms with van der Waals surface area (Å²) in [7, 11) is -0.175. The molecule has 6 aromatic rings. The predicted octanol–water partition coefficient (Wildman–Crippen LogP) is 10.7. The highest BCUT2D eigenvalue weighted by Gasteiger charge is 2.28. The third-order valence-corrected chi connectivity index (χ3v) is 13.7. The van der Waals surface area contributed by atoms with Crippen molar-refractivity contribution in [3.05, 3.63) is 147 Å². The number of fused-ring (bicyclic) bond motifs is 6. The lowest BCUT2D eigenvalue weighted by molar-refractivity contribution is -0.642. The van der Waals surface area contributed by atoms with Crippen LogP contribution in [0.15, 0.2) is 140 Å². The molecule has 1 aliphatic carbocycles. The molecule has 0 saturated carbocycles. The molecule has 5 aromatic carbocycles. The average molecular weight is 734 g/mol. The van der Waals surface area contributed by atoms with Crippen LogP contribution in [-0.2, 0) is 17.2 Å². The van der Waals surface area contributed by atoms with Gasteiger partial charge >= 0.3 is 0 Å². The zero-order chi connectivity index (χ0) is 34.7. The van der Waals surface area contributed by atoms with E-state index in [1.54, 1.807) is 35.2 Å². The lowest BCUT2D eigenvalue weighted by Crippen LogP contribution is -2.28. The molecule has 1 atom stereocenters. The van der Waals surface area contributed by atoms with E-state index >= 15 is 0 Å². The summed E-state index contributed by atoms with van der Waals surface area (Å²) >= 11 is 10.8. The normalized spacial score (nSPS) is 18.5. The number of anilines is 1. The van der Waals surface area contributed by atoms with Gasteiger partial charge in [0, 0.05) is 34.5 Å². The molecule has 8 rings (SSSR count). The van der Waals surface area contributed by atoms with Crippen molar-refractivity contribution in [2.75, 3.05) is 11.9 Å². The van der Waals surface area contributed by atoms with Gasteiger partial charge in [-0.15, -0.1) is 0 Å². The SMILES string of the molecule is Cc1ccc(S(=O)(=O)O)cc1C1CC(/C=C/c2sc3c4ccccc4ccc3[n+]2C)=C(Cl)C(=C/C=C2\Sc3c(ccc4ccccc34)N2C)/C1. The topological polar surface area (TPSA) is 61.5 Å². The van der Waals surface area contributed by atoms with Gasteiger partial charge in [-0.2, -0.15) is 13.0 Å². The van der Waals surface area contributed by atoms with E-state index in [1.807, 2.05) is 6.92 Å². The minimum absolute atomic E-state index is 0.0429. The van der Waals surface area contributed by atoms with Crippen molar-refractivity contribution in [2.45, 2.75) is 35.5 Å². The van der Waals surface area contributed by atoms with Gasteiger partial charge in [-0.1, -0.05) is 101 Å². The van der Waals surface area contributed by atoms with Crippen molar-refractivity contribution in [3.8, 4) is 0 Å². The standard InChI is InChI=1S/C41H33ClN2O3S3/c1-25-12-17-31(50(45,46)47)24-34(25)30-22-28(15-20-37-43(2)35-18-13-26-8-4-6-10-32(26)40(35)48-37)39(42)29(23-30)16-21-38-44(3)36-19-14-27-9-5-7-11-33(27)41(36)49-38/h4-21,24,30H,22-23H2,1-3H3/p+1. The van der Waals surface area contributed by atoms with Gasteiger partial charge in [0.1, 0.15) is 11.7 Å². The lowest BCUT2D eigenvalue weighted by Gasteiger charge is -2.27. The van der Waals surface area contributed by atoms with E-state index in [0.29, 0.717) is 17.9 Å². The average Bonchev–Trinajstić information content (AvgIpc) is 3.62. The molecule has 1 aliphatic heterocycles. The van der Waals surface area contributed by atoms with Crippen LogP contribution in [0.1, 0.15) is 34.9 Å². The number of aryl methyl sites for hydroxylation is 2. The third kappa shape index (κ3) is 5.89. The highest BCUT2D eigenvalue weighted by atomic mass is 35.5. The molecule has 0 bridgehead atoms. The van der Waals surface area contributed by atoms with Crippen molar-refractivity contribution >= 4 is 88.3 Å². The second-order valence-electron chi connectivity index (χ2n) is 12.9. The number of thioether (sulfide) groups is 1. The van der Waals surface area contributed by atoms with Crippen LogP contribution in [0.4, 0.5) is 5.69 Å². The van der Waals surface area contributed by atoms with Crippen LogP contribution in [0.3, 0.4) is 0 Å². The van der Waals surface area contributed by atoms with Crippen molar-refractivity contribution < 1.29 is 17.5 Å². The molecule has 1 unspecified atom stereocenters. The largest absolute Gasteiger partial charge is 0.338 e. The number of halogens is 1. The fraction of sp³-hybridized carbons (Fsp3) is 0.146. The highest BCUT2D eigenvalue weighted by Crippen LogP contribution is 2.49. The number of thiazole rings is 1. The van der Waals surface area contributed by atoms with Crippen molar-refractivity contribution in [2.24, 2.45) is 7.05 Å². The second kappa shape index (κ2) is 12.9. The molecule has 0 amide bonds. The fourth-order valence-corrected chi connectivity index (χ4v) is 10.3. The molecule has 0 fully saturated rings. The van der Waals surface area contributed by atoms with Crippen molar-refractivity contribution in [3.63, 3.8) is 0 Å². The van der Waals surface area contributed by atoms with E-state index in [1.165, 1.54) is 48.4 Å². The smallest absolute Gasteiger partial charge is 0.294 e. The number of hydrogen-bond donors (Lipinski definition) is 1. The van der Waals surface area contributed by atoms with E-state index < -0.39 is 10.1 Å². The number of benzene rings is 5. The van der Waals surface area contributed by atoms with Gasteiger partial charge in [0.15, 0.2) is 0 Å². The molecule has 2 aliphatic rings. The molecule has 0 spiro atoms. The van der Waals surface area contributed by atoms with Crippen LogP contribution in [0, 0.1) is 6.92 Å². The second-order valence-corrected chi connectivity index (χ2v) is 16.8. The summed E-state index contributed by atoms with van der Waals surface area (Å²) < 4.78 is 37.6. The summed E-state index contributed by atoms with van der Waals surface area (Å²) in [5, 5.41) is 7.80. The Morgan fingerprint density at radius 2 is 1.62 bits per heavy atom. The van der Waals surface area contributed by atoms with E-state index in [4.69, 9.17) is 11.6 Å². The molecular formula is C41H34ClN2O3S3+. The molecular weight excluding hydrogens is 700 g/mol. The minimum Gasteiger partial charge on any atom is -0.338 e. The zero-order valence-corrected chi connectivity index (χ0v) is 30.9. The Labute approximate surface area is 305 Å². The first kappa shape index (κ1) is 33.0. The quantitative estimate of drug-likeness (QED) is 0.141. The van der Waals surface area contributed by atoms with E-state index in [0.717, 1.165) is 32.3 Å². The summed E-state index contributed by atoms with van der Waals surface area (Å²) in [6.07, 6.45) is 9.76. The molecule has 5 nitrogen and oxygen atoms in total. The molecule has 1 N–H and O–H groups in total. The van der Waals surface area contributed by atoms with E-state index in [-0.39, 0.29) is 10.8 Å². The van der Waals surface area contributed by atoms with Gasteiger partial charge in [-0.3, -0.25) is 4.55 Å². The maximum absolute atomic E-state index is 12.1. The Morgan fingerprint density at radius 1 is 0.900 bits per heavy atom. The molecule has 250 valence electrons. The van der Waals surface area contributed by atoms with E-state index in [2.05, 4.69) is 121 Å². The Balaban J connectivity index is 1.20. The number of hydrogen-bond acceptors (Lipinski definition) is 5. The summed E-state index contributed by atoms with van der Waals surface area (Å²) in [5.74, 6) is -0.0429. The summed E-state index contributed by atoms with van der Waals surface area (Å²) in [6.45, 7) is 1.98. The molecule has 50 heavy (non-hydrogen) atoms. The van der Waals surface area contributed by atoms with Gasteiger partial charge in [0.25, 0.3) is 15.1 Å². The number of allylic oxidation sites excluding steroid dienone is 6. The van der Waals surface area contributed by atoms with Crippen LogP contribution in [0.25, 0.3) is 37.8 Å². The summed E-state index contributed by atoms with van der Waals surface area (Å²) in [6, 6.07) is 30.4. The first-order valence-corrected chi connectivity index (χ1v) is 19.8. The van der Waals surface area contributed by atoms with Gasteiger partial charge in [-0.05, 0) is 101 Å². The number of rotatable bonds is 5. The van der Waals surface area contributed by atoms with Crippen LogP contribution in [0.5, 0.6) is 0 Å². The minimum atomic E-state index is -4.35. The van der Waals surface area contributed by atoms with Crippen LogP contribution < -0.4 is 9.47 Å². The summed E-state index contributed by atoms with van der Waals surface area (Å²) in [4.78, 5) is 3.36. The molecule has 1 aromatic heterocycles.